The van der Waals surface area contributed by atoms with Crippen LogP contribution < -0.4 is 0 Å². The highest BCUT2D eigenvalue weighted by Gasteiger charge is 2.51. The first-order valence-electron chi connectivity index (χ1n) is 4.07. The van der Waals surface area contributed by atoms with E-state index in [1.54, 1.807) is 0 Å². The van der Waals surface area contributed by atoms with Gasteiger partial charge in [0.2, 0.25) is 7.65 Å². The van der Waals surface area contributed by atoms with Crippen molar-refractivity contribution in [3.05, 3.63) is 0 Å². The van der Waals surface area contributed by atoms with Crippen LogP contribution in [0.4, 0.5) is 0 Å². The summed E-state index contributed by atoms with van der Waals surface area (Å²) < 4.78 is 7.79. The lowest BCUT2D eigenvalue weighted by molar-refractivity contribution is 0.157. The molecule has 1 unspecified atom stereocenters. The van der Waals surface area contributed by atoms with E-state index in [-0.39, 0.29) is 0 Å². The summed E-state index contributed by atoms with van der Waals surface area (Å²) in [6, 6.07) is 0.353. The minimum Gasteiger partial charge on any atom is -0.310 e. The van der Waals surface area contributed by atoms with Crippen molar-refractivity contribution in [2.45, 2.75) is 31.4 Å². The molecule has 0 aromatic heterocycles. The molecule has 0 aromatic carbocycles. The van der Waals surface area contributed by atoms with E-state index in [9.17, 15) is 0 Å². The average Bonchev–Trinajstić information content (AvgIpc) is 2.58. The molecular formula is C8H11ClNOP. The molecule has 3 atom stereocenters. The lowest BCUT2D eigenvalue weighted by atomic mass is 9.96. The average molecular weight is 204 g/mol. The van der Waals surface area contributed by atoms with Gasteiger partial charge in [-0.25, -0.2) is 4.67 Å². The van der Waals surface area contributed by atoms with Gasteiger partial charge >= 0.3 is 0 Å². The second kappa shape index (κ2) is 2.86. The van der Waals surface area contributed by atoms with Gasteiger partial charge in [-0.15, -0.1) is 6.42 Å². The molecule has 2 aliphatic rings. The maximum Gasteiger partial charge on any atom is 0.208 e. The Kier molecular flexibility index (Phi) is 2.09. The summed E-state index contributed by atoms with van der Waals surface area (Å²) in [6.45, 7) is 3.00. The van der Waals surface area contributed by atoms with Crippen LogP contribution in [0.25, 0.3) is 0 Å². The predicted molar refractivity (Wildman–Crippen MR) is 50.8 cm³/mol. The van der Waals surface area contributed by atoms with E-state index >= 15 is 0 Å². The van der Waals surface area contributed by atoms with Gasteiger partial charge in [-0.05, 0) is 31.0 Å². The molecule has 0 saturated carbocycles. The van der Waals surface area contributed by atoms with Gasteiger partial charge in [0.25, 0.3) is 0 Å². The molecule has 2 fully saturated rings. The van der Waals surface area contributed by atoms with Gasteiger partial charge in [0, 0.05) is 6.54 Å². The van der Waals surface area contributed by atoms with Crippen molar-refractivity contribution >= 4 is 18.9 Å². The summed E-state index contributed by atoms with van der Waals surface area (Å²) in [5, 5.41) is 0. The highest BCUT2D eigenvalue weighted by molar-refractivity contribution is 7.78. The van der Waals surface area contributed by atoms with Gasteiger partial charge in [0.15, 0.2) is 0 Å². The molecule has 4 heteroatoms. The number of halogens is 1. The predicted octanol–water partition coefficient (Wildman–Crippen LogP) is 2.34. The van der Waals surface area contributed by atoms with Gasteiger partial charge in [-0.1, -0.05) is 5.92 Å². The van der Waals surface area contributed by atoms with E-state index in [0.717, 1.165) is 13.0 Å². The zero-order chi connectivity index (χ0) is 8.77. The highest BCUT2D eigenvalue weighted by Crippen LogP contribution is 2.61. The summed E-state index contributed by atoms with van der Waals surface area (Å²) in [7, 11) is -0.936. The summed E-state index contributed by atoms with van der Waals surface area (Å²) >= 11 is 6.05. The minimum absolute atomic E-state index is 0.353. The monoisotopic (exact) mass is 203 g/mol. The third-order valence-electron chi connectivity index (χ3n) is 2.61. The molecule has 0 radical (unpaired) electrons. The van der Waals surface area contributed by atoms with Gasteiger partial charge < -0.3 is 4.52 Å². The van der Waals surface area contributed by atoms with Crippen LogP contribution in [0.15, 0.2) is 0 Å². The van der Waals surface area contributed by atoms with E-state index in [1.807, 2.05) is 6.92 Å². The molecule has 2 saturated heterocycles. The Morgan fingerprint density at radius 1 is 1.83 bits per heavy atom. The normalized spacial score (nSPS) is 47.4. The van der Waals surface area contributed by atoms with Crippen molar-refractivity contribution in [3.63, 3.8) is 0 Å². The number of terminal acetylenes is 1. The van der Waals surface area contributed by atoms with Crippen LogP contribution in [0.5, 0.6) is 0 Å². The lowest BCUT2D eigenvalue weighted by Crippen LogP contribution is -2.37. The van der Waals surface area contributed by atoms with Gasteiger partial charge in [0.1, 0.15) is 5.60 Å². The van der Waals surface area contributed by atoms with Crippen molar-refractivity contribution in [2.24, 2.45) is 0 Å². The highest BCUT2D eigenvalue weighted by atomic mass is 35.7. The Balaban J connectivity index is 2.26. The van der Waals surface area contributed by atoms with Crippen molar-refractivity contribution in [2.75, 3.05) is 6.54 Å². The van der Waals surface area contributed by atoms with Crippen LogP contribution in [0, 0.1) is 12.3 Å². The second-order valence-corrected chi connectivity index (χ2v) is 5.41. The lowest BCUT2D eigenvalue weighted by Gasteiger charge is -2.21. The van der Waals surface area contributed by atoms with Crippen molar-refractivity contribution in [1.29, 1.82) is 0 Å². The molecule has 66 valence electrons. The molecule has 12 heavy (non-hydrogen) atoms. The Morgan fingerprint density at radius 2 is 2.58 bits per heavy atom. The smallest absolute Gasteiger partial charge is 0.208 e. The van der Waals surface area contributed by atoms with Crippen LogP contribution in [0.3, 0.4) is 0 Å². The number of hydrogen-bond donors (Lipinski definition) is 0. The molecule has 0 spiro atoms. The van der Waals surface area contributed by atoms with E-state index in [4.69, 9.17) is 22.2 Å². The summed E-state index contributed by atoms with van der Waals surface area (Å²) in [5.74, 6) is 2.71. The molecular weight excluding hydrogens is 193 g/mol. The van der Waals surface area contributed by atoms with Crippen LogP contribution in [0.1, 0.15) is 19.8 Å². The van der Waals surface area contributed by atoms with Crippen LogP contribution in [0.2, 0.25) is 0 Å². The maximum absolute atomic E-state index is 6.05. The van der Waals surface area contributed by atoms with Crippen LogP contribution >= 0.6 is 18.9 Å². The van der Waals surface area contributed by atoms with E-state index < -0.39 is 13.3 Å². The van der Waals surface area contributed by atoms with Crippen LogP contribution in [-0.2, 0) is 4.52 Å². The zero-order valence-electron chi connectivity index (χ0n) is 6.96. The maximum atomic E-state index is 6.05. The first kappa shape index (κ1) is 8.78. The van der Waals surface area contributed by atoms with Crippen molar-refractivity contribution in [1.82, 2.24) is 4.67 Å². The van der Waals surface area contributed by atoms with Gasteiger partial charge in [-0.3, -0.25) is 0 Å². The number of nitrogens with zero attached hydrogens (tertiary/aromatic N) is 1. The van der Waals surface area contributed by atoms with Crippen molar-refractivity contribution in [3.8, 4) is 12.3 Å². The number of hydrogen-bond acceptors (Lipinski definition) is 2. The Hall–Kier alpha value is 0.200. The number of fused-ring (bicyclic) bond motifs is 1. The quantitative estimate of drug-likeness (QED) is 0.443. The summed E-state index contributed by atoms with van der Waals surface area (Å²) in [6.07, 6.45) is 7.74. The summed E-state index contributed by atoms with van der Waals surface area (Å²) in [5.41, 5.74) is -0.441. The number of rotatable bonds is 0. The van der Waals surface area contributed by atoms with Crippen LogP contribution in [-0.4, -0.2) is 22.9 Å². The molecule has 2 rings (SSSR count). The first-order chi connectivity index (χ1) is 5.67. The molecule has 2 nitrogen and oxygen atoms in total. The minimum atomic E-state index is -0.936. The van der Waals surface area contributed by atoms with Gasteiger partial charge in [0.05, 0.1) is 6.04 Å². The fourth-order valence-electron chi connectivity index (χ4n) is 1.89. The largest absolute Gasteiger partial charge is 0.310 e. The van der Waals surface area contributed by atoms with E-state index in [0.29, 0.717) is 6.04 Å². The Labute approximate surface area is 78.9 Å². The third kappa shape index (κ3) is 1.09. The molecule has 0 amide bonds. The fraction of sp³-hybridized carbons (Fsp3) is 0.750. The molecule has 0 N–H and O–H groups in total. The second-order valence-electron chi connectivity index (χ2n) is 3.39. The first-order valence-corrected chi connectivity index (χ1v) is 6.18. The topological polar surface area (TPSA) is 12.5 Å². The van der Waals surface area contributed by atoms with E-state index in [2.05, 4.69) is 10.6 Å². The fourth-order valence-corrected chi connectivity index (χ4v) is 4.31. The van der Waals surface area contributed by atoms with E-state index in [1.165, 1.54) is 6.42 Å². The third-order valence-corrected chi connectivity index (χ3v) is 4.82. The zero-order valence-corrected chi connectivity index (χ0v) is 8.61. The summed E-state index contributed by atoms with van der Waals surface area (Å²) in [4.78, 5) is 0. The standard InChI is InChI=1S/C8H11ClNOP/c1-3-8(2)7-5-4-6-10(7)12(9)11-8/h1,7H,4-6H2,2H3/t7-,8+,12?/m0/s1. The molecule has 0 bridgehead atoms. The molecule has 0 aromatic rings. The molecule has 2 aliphatic heterocycles. The molecule has 2 heterocycles. The Bertz CT molecular complexity index is 242. The molecule has 0 aliphatic carbocycles. The van der Waals surface area contributed by atoms with Gasteiger partial charge in [-0.2, -0.15) is 0 Å². The Morgan fingerprint density at radius 3 is 3.25 bits per heavy atom. The SMILES string of the molecule is C#C[C@@]1(C)OP(Cl)N2CCC[C@H]21. The van der Waals surface area contributed by atoms with Crippen molar-refractivity contribution < 1.29 is 4.52 Å².